The monoisotopic (exact) mass is 377 g/mol. The predicted octanol–water partition coefficient (Wildman–Crippen LogP) is 2.56. The first-order chi connectivity index (χ1) is 13.5. The van der Waals surface area contributed by atoms with Crippen molar-refractivity contribution in [3.63, 3.8) is 0 Å². The summed E-state index contributed by atoms with van der Waals surface area (Å²) in [5, 5.41) is 11.9. The molecule has 1 aliphatic rings. The molecule has 0 aliphatic heterocycles. The van der Waals surface area contributed by atoms with Crippen LogP contribution in [0.5, 0.6) is 0 Å². The highest BCUT2D eigenvalue weighted by atomic mass is 16.2. The first kappa shape index (κ1) is 18.2. The fourth-order valence-corrected chi connectivity index (χ4v) is 3.67. The topological polar surface area (TPSA) is 81.8 Å². The van der Waals surface area contributed by atoms with Crippen LogP contribution in [0.1, 0.15) is 35.5 Å². The summed E-state index contributed by atoms with van der Waals surface area (Å²) in [5.74, 6) is -0.288. The molecule has 0 unspecified atom stereocenters. The molecule has 0 saturated heterocycles. The number of aromatic nitrogens is 4. The Labute approximate surface area is 163 Å². The molecule has 7 heteroatoms. The maximum absolute atomic E-state index is 12.6. The summed E-state index contributed by atoms with van der Waals surface area (Å²) in [4.78, 5) is 24.9. The molecule has 1 amide bonds. The van der Waals surface area contributed by atoms with Crippen LogP contribution in [0.4, 0.5) is 5.69 Å². The second-order valence-corrected chi connectivity index (χ2v) is 7.16. The Morgan fingerprint density at radius 2 is 1.86 bits per heavy atom. The Balaban J connectivity index is 1.55. The smallest absolute Gasteiger partial charge is 0.267 e. The Kier molecular flexibility index (Phi) is 4.81. The van der Waals surface area contributed by atoms with Crippen molar-refractivity contribution in [1.29, 1.82) is 0 Å². The Bertz CT molecular complexity index is 1080. The molecule has 28 heavy (non-hydrogen) atoms. The van der Waals surface area contributed by atoms with Gasteiger partial charge in [-0.15, -0.1) is 0 Å². The van der Waals surface area contributed by atoms with E-state index in [1.54, 1.807) is 10.7 Å². The first-order valence-corrected chi connectivity index (χ1v) is 9.54. The Hall–Kier alpha value is -3.22. The van der Waals surface area contributed by atoms with Gasteiger partial charge in [0.1, 0.15) is 6.54 Å². The van der Waals surface area contributed by atoms with Crippen molar-refractivity contribution >= 4 is 11.6 Å². The molecule has 0 fully saturated rings. The van der Waals surface area contributed by atoms with E-state index in [4.69, 9.17) is 0 Å². The van der Waals surface area contributed by atoms with Crippen molar-refractivity contribution in [1.82, 2.24) is 19.6 Å². The van der Waals surface area contributed by atoms with Crippen molar-refractivity contribution in [3.05, 3.63) is 69.4 Å². The number of carbonyl (C=O) groups excluding carboxylic acids is 1. The average molecular weight is 377 g/mol. The lowest BCUT2D eigenvalue weighted by Crippen LogP contribution is -2.31. The van der Waals surface area contributed by atoms with Gasteiger partial charge in [-0.1, -0.05) is 18.2 Å². The number of amides is 1. The number of nitrogens with zero attached hydrogens (tertiary/aromatic N) is 4. The van der Waals surface area contributed by atoms with Gasteiger partial charge in [-0.3, -0.25) is 9.59 Å². The van der Waals surface area contributed by atoms with Gasteiger partial charge in [-0.05, 0) is 57.2 Å². The zero-order valence-electron chi connectivity index (χ0n) is 16.1. The molecule has 1 N–H and O–H groups in total. The van der Waals surface area contributed by atoms with Crippen LogP contribution in [-0.2, 0) is 24.2 Å². The summed E-state index contributed by atoms with van der Waals surface area (Å²) in [5.41, 5.74) is 4.87. The third-order valence-electron chi connectivity index (χ3n) is 5.12. The number of hydrogen-bond acceptors (Lipinski definition) is 4. The lowest BCUT2D eigenvalue weighted by atomic mass is 9.97. The van der Waals surface area contributed by atoms with E-state index in [-0.39, 0.29) is 18.0 Å². The highest BCUT2D eigenvalue weighted by Crippen LogP contribution is 2.23. The molecule has 0 bridgehead atoms. The first-order valence-electron chi connectivity index (χ1n) is 9.54. The zero-order chi connectivity index (χ0) is 19.7. The molecule has 2 heterocycles. The zero-order valence-corrected chi connectivity index (χ0v) is 16.1. The van der Waals surface area contributed by atoms with Gasteiger partial charge in [0.25, 0.3) is 5.56 Å². The molecule has 144 valence electrons. The highest BCUT2D eigenvalue weighted by Gasteiger charge is 2.18. The number of fused-ring (bicyclic) bond motifs is 1. The maximum atomic E-state index is 12.6. The van der Waals surface area contributed by atoms with Crippen molar-refractivity contribution < 1.29 is 4.79 Å². The van der Waals surface area contributed by atoms with Crippen LogP contribution in [0.15, 0.2) is 41.2 Å². The fourth-order valence-electron chi connectivity index (χ4n) is 3.67. The molecular formula is C21H23N5O2. The van der Waals surface area contributed by atoms with Crippen molar-refractivity contribution in [2.45, 2.75) is 46.1 Å². The Morgan fingerprint density at radius 3 is 2.64 bits per heavy atom. The van der Waals surface area contributed by atoms with E-state index in [1.807, 2.05) is 44.2 Å². The minimum Gasteiger partial charge on any atom is -0.321 e. The number of rotatable bonds is 4. The largest absolute Gasteiger partial charge is 0.321 e. The number of hydrogen-bond donors (Lipinski definition) is 1. The van der Waals surface area contributed by atoms with Gasteiger partial charge in [-0.25, -0.2) is 9.36 Å². The van der Waals surface area contributed by atoms with Crippen LogP contribution in [0.2, 0.25) is 0 Å². The summed E-state index contributed by atoms with van der Waals surface area (Å²) in [7, 11) is 0. The lowest BCUT2D eigenvalue weighted by Gasteiger charge is -2.15. The van der Waals surface area contributed by atoms with Gasteiger partial charge in [0.15, 0.2) is 0 Å². The van der Waals surface area contributed by atoms with E-state index < -0.39 is 0 Å². The number of carbonyl (C=O) groups is 1. The van der Waals surface area contributed by atoms with Gasteiger partial charge in [0.05, 0.1) is 28.5 Å². The second-order valence-electron chi connectivity index (χ2n) is 7.16. The number of para-hydroxylation sites is 1. The molecule has 1 aromatic carbocycles. The van der Waals surface area contributed by atoms with E-state index in [2.05, 4.69) is 15.5 Å². The number of nitrogens with one attached hydrogen (secondary N) is 1. The van der Waals surface area contributed by atoms with E-state index in [9.17, 15) is 9.59 Å². The van der Waals surface area contributed by atoms with Crippen LogP contribution in [0.25, 0.3) is 5.69 Å². The van der Waals surface area contributed by atoms with Crippen LogP contribution in [0, 0.1) is 13.8 Å². The summed E-state index contributed by atoms with van der Waals surface area (Å²) < 4.78 is 3.06. The summed E-state index contributed by atoms with van der Waals surface area (Å²) in [6.07, 6.45) is 3.91. The average Bonchev–Trinajstić information content (AvgIpc) is 2.97. The van der Waals surface area contributed by atoms with Gasteiger partial charge in [-0.2, -0.15) is 10.2 Å². The van der Waals surface area contributed by atoms with Gasteiger partial charge in [0.2, 0.25) is 5.91 Å². The standard InChI is InChI=1S/C21H23N5O2/c1-14-21(15(2)26(23-14)17-9-4-3-5-10-17)22-19(27)13-25-20(28)12-16-8-6-7-11-18(16)24-25/h3-5,9-10,12H,6-8,11,13H2,1-2H3,(H,22,27). The number of aryl methyl sites for hydroxylation is 3. The quantitative estimate of drug-likeness (QED) is 0.758. The molecule has 7 nitrogen and oxygen atoms in total. The number of anilines is 1. The molecule has 4 rings (SSSR count). The predicted molar refractivity (Wildman–Crippen MR) is 107 cm³/mol. The van der Waals surface area contributed by atoms with E-state index in [0.717, 1.165) is 54.0 Å². The van der Waals surface area contributed by atoms with Crippen LogP contribution < -0.4 is 10.9 Å². The lowest BCUT2D eigenvalue weighted by molar-refractivity contribution is -0.117. The third kappa shape index (κ3) is 3.47. The molecule has 2 aromatic heterocycles. The maximum Gasteiger partial charge on any atom is 0.267 e. The Morgan fingerprint density at radius 1 is 1.11 bits per heavy atom. The third-order valence-corrected chi connectivity index (χ3v) is 5.12. The molecular weight excluding hydrogens is 354 g/mol. The summed E-state index contributed by atoms with van der Waals surface area (Å²) >= 11 is 0. The summed E-state index contributed by atoms with van der Waals surface area (Å²) in [6.45, 7) is 3.65. The molecule has 1 aliphatic carbocycles. The molecule has 0 atom stereocenters. The summed E-state index contributed by atoms with van der Waals surface area (Å²) in [6, 6.07) is 11.4. The molecule has 3 aromatic rings. The van der Waals surface area contributed by atoms with E-state index in [1.165, 1.54) is 4.68 Å². The van der Waals surface area contributed by atoms with Crippen molar-refractivity contribution in [2.24, 2.45) is 0 Å². The number of benzene rings is 1. The minimum atomic E-state index is -0.288. The molecule has 0 spiro atoms. The van der Waals surface area contributed by atoms with Crippen molar-refractivity contribution in [2.75, 3.05) is 5.32 Å². The van der Waals surface area contributed by atoms with E-state index in [0.29, 0.717) is 5.69 Å². The second kappa shape index (κ2) is 7.42. The fraction of sp³-hybridized carbons (Fsp3) is 0.333. The molecule has 0 saturated carbocycles. The van der Waals surface area contributed by atoms with Crippen LogP contribution >= 0.6 is 0 Å². The van der Waals surface area contributed by atoms with E-state index >= 15 is 0 Å². The van der Waals surface area contributed by atoms with Gasteiger partial charge < -0.3 is 5.32 Å². The SMILES string of the molecule is Cc1nn(-c2ccccc2)c(C)c1NC(=O)Cn1nc2c(cc1=O)CCCC2. The van der Waals surface area contributed by atoms with Gasteiger partial charge >= 0.3 is 0 Å². The van der Waals surface area contributed by atoms with Gasteiger partial charge in [0, 0.05) is 6.07 Å². The normalized spacial score (nSPS) is 13.2. The van der Waals surface area contributed by atoms with Crippen molar-refractivity contribution in [3.8, 4) is 5.69 Å². The molecule has 0 radical (unpaired) electrons. The minimum absolute atomic E-state index is 0.110. The highest BCUT2D eigenvalue weighted by molar-refractivity contribution is 5.91. The van der Waals surface area contributed by atoms with Crippen LogP contribution in [-0.4, -0.2) is 25.5 Å². The van der Waals surface area contributed by atoms with Crippen LogP contribution in [0.3, 0.4) is 0 Å².